The molecular formula is C16H16BrNO3S2. The van der Waals surface area contributed by atoms with Crippen molar-refractivity contribution in [2.75, 3.05) is 18.6 Å². The quantitative estimate of drug-likeness (QED) is 0.738. The predicted octanol–water partition coefficient (Wildman–Crippen LogP) is 3.35. The van der Waals surface area contributed by atoms with E-state index in [0.717, 1.165) is 26.0 Å². The Morgan fingerprint density at radius 3 is 2.57 bits per heavy atom. The molecule has 0 aliphatic carbocycles. The second kappa shape index (κ2) is 7.90. The van der Waals surface area contributed by atoms with E-state index in [0.29, 0.717) is 0 Å². The lowest BCUT2D eigenvalue weighted by atomic mass is 10.2. The number of carbonyl (C=O) groups is 1. The van der Waals surface area contributed by atoms with Crippen molar-refractivity contribution in [2.24, 2.45) is 0 Å². The van der Waals surface area contributed by atoms with Crippen LogP contribution in [0.4, 0.5) is 0 Å². The highest BCUT2D eigenvalue weighted by atomic mass is 79.9. The summed E-state index contributed by atoms with van der Waals surface area (Å²) in [5.41, 5.74) is 1.12. The van der Waals surface area contributed by atoms with Crippen LogP contribution in [0.15, 0.2) is 46.9 Å². The molecule has 0 aliphatic rings. The van der Waals surface area contributed by atoms with E-state index in [-0.39, 0.29) is 18.2 Å². The molecule has 0 spiro atoms. The van der Waals surface area contributed by atoms with Gasteiger partial charge < -0.3 is 5.32 Å². The summed E-state index contributed by atoms with van der Waals surface area (Å²) in [6.07, 6.45) is 4.28. The van der Waals surface area contributed by atoms with Crippen LogP contribution < -0.4 is 5.32 Å². The van der Waals surface area contributed by atoms with E-state index in [1.165, 1.54) is 6.08 Å². The van der Waals surface area contributed by atoms with Gasteiger partial charge in [0.1, 0.15) is 9.84 Å². The van der Waals surface area contributed by atoms with Crippen LogP contribution in [0.1, 0.15) is 4.88 Å². The molecule has 23 heavy (non-hydrogen) atoms. The van der Waals surface area contributed by atoms with Crippen LogP contribution in [0, 0.1) is 0 Å². The van der Waals surface area contributed by atoms with Gasteiger partial charge in [-0.2, -0.15) is 0 Å². The van der Waals surface area contributed by atoms with Gasteiger partial charge in [0, 0.05) is 33.1 Å². The van der Waals surface area contributed by atoms with Crippen LogP contribution in [0.3, 0.4) is 0 Å². The molecule has 0 saturated heterocycles. The minimum absolute atomic E-state index is 0.0563. The van der Waals surface area contributed by atoms with Crippen LogP contribution in [-0.2, 0) is 14.6 Å². The Morgan fingerprint density at radius 1 is 1.22 bits per heavy atom. The van der Waals surface area contributed by atoms with Crippen molar-refractivity contribution in [3.8, 4) is 10.4 Å². The second-order valence-corrected chi connectivity index (χ2v) is 9.25. The van der Waals surface area contributed by atoms with Crippen molar-refractivity contribution in [3.63, 3.8) is 0 Å². The summed E-state index contributed by atoms with van der Waals surface area (Å²) in [5, 5.41) is 2.55. The highest BCUT2D eigenvalue weighted by molar-refractivity contribution is 9.10. The fraction of sp³-hybridized carbons (Fsp3) is 0.188. The number of carbonyl (C=O) groups excluding carboxylic acids is 1. The first-order valence-corrected chi connectivity index (χ1v) is 10.5. The van der Waals surface area contributed by atoms with Gasteiger partial charge in [0.2, 0.25) is 5.91 Å². The maximum atomic E-state index is 11.6. The van der Waals surface area contributed by atoms with Gasteiger partial charge in [0.05, 0.1) is 5.75 Å². The predicted molar refractivity (Wildman–Crippen MR) is 99.2 cm³/mol. The molecule has 7 heteroatoms. The molecule has 0 fully saturated rings. The average Bonchev–Trinajstić information content (AvgIpc) is 2.93. The van der Waals surface area contributed by atoms with E-state index >= 15 is 0 Å². The van der Waals surface area contributed by atoms with Crippen molar-refractivity contribution in [1.29, 1.82) is 0 Å². The lowest BCUT2D eigenvalue weighted by Gasteiger charge is -1.99. The Kier molecular flexibility index (Phi) is 6.15. The topological polar surface area (TPSA) is 63.2 Å². The molecule has 0 radical (unpaired) electrons. The Bertz CT molecular complexity index is 808. The summed E-state index contributed by atoms with van der Waals surface area (Å²) in [7, 11) is -3.06. The smallest absolute Gasteiger partial charge is 0.244 e. The van der Waals surface area contributed by atoms with Crippen LogP contribution >= 0.6 is 27.3 Å². The first-order chi connectivity index (χ1) is 10.8. The third-order valence-corrected chi connectivity index (χ3v) is 5.50. The van der Waals surface area contributed by atoms with Crippen LogP contribution in [0.5, 0.6) is 0 Å². The number of hydrogen-bond donors (Lipinski definition) is 1. The summed E-state index contributed by atoms with van der Waals surface area (Å²) < 4.78 is 23.0. The first kappa shape index (κ1) is 17.9. The van der Waals surface area contributed by atoms with E-state index in [4.69, 9.17) is 0 Å². The van der Waals surface area contributed by atoms with E-state index in [1.54, 1.807) is 17.4 Å². The standard InChI is InChI=1S/C16H16BrNO3S2/c1-23(20,21)11-10-18-16(19)9-7-14-6-8-15(22-14)12-2-4-13(17)5-3-12/h2-9H,10-11H2,1H3,(H,18,19)/b9-7+. The van der Waals surface area contributed by atoms with Crippen molar-refractivity contribution in [2.45, 2.75) is 0 Å². The van der Waals surface area contributed by atoms with E-state index < -0.39 is 9.84 Å². The lowest BCUT2D eigenvalue weighted by Crippen LogP contribution is -2.27. The average molecular weight is 414 g/mol. The molecule has 1 aromatic heterocycles. The van der Waals surface area contributed by atoms with Gasteiger partial charge in [0.25, 0.3) is 0 Å². The Balaban J connectivity index is 1.93. The van der Waals surface area contributed by atoms with Gasteiger partial charge in [-0.25, -0.2) is 8.42 Å². The number of rotatable bonds is 6. The number of halogens is 1. The summed E-state index contributed by atoms with van der Waals surface area (Å²) in [6, 6.07) is 12.0. The molecule has 1 aromatic carbocycles. The molecule has 1 heterocycles. The highest BCUT2D eigenvalue weighted by Crippen LogP contribution is 2.29. The molecule has 2 aromatic rings. The Morgan fingerprint density at radius 2 is 1.91 bits per heavy atom. The highest BCUT2D eigenvalue weighted by Gasteiger charge is 2.04. The van der Waals surface area contributed by atoms with Gasteiger partial charge in [-0.05, 0) is 35.9 Å². The molecule has 0 saturated carbocycles. The summed E-state index contributed by atoms with van der Waals surface area (Å²) in [5.74, 6) is -0.355. The zero-order chi connectivity index (χ0) is 16.9. The van der Waals surface area contributed by atoms with Gasteiger partial charge >= 0.3 is 0 Å². The minimum atomic E-state index is -3.06. The lowest BCUT2D eigenvalue weighted by molar-refractivity contribution is -0.116. The summed E-state index contributed by atoms with van der Waals surface area (Å²) >= 11 is 4.99. The van der Waals surface area contributed by atoms with Gasteiger partial charge in [-0.3, -0.25) is 4.79 Å². The molecule has 1 N–H and O–H groups in total. The third-order valence-electron chi connectivity index (χ3n) is 2.93. The largest absolute Gasteiger partial charge is 0.352 e. The maximum absolute atomic E-state index is 11.6. The van der Waals surface area contributed by atoms with Gasteiger partial charge in [-0.1, -0.05) is 28.1 Å². The molecular weight excluding hydrogens is 398 g/mol. The van der Waals surface area contributed by atoms with Crippen molar-refractivity contribution in [1.82, 2.24) is 5.32 Å². The number of sulfone groups is 1. The SMILES string of the molecule is CS(=O)(=O)CCNC(=O)/C=C/c1ccc(-c2ccc(Br)cc2)s1. The molecule has 0 unspecified atom stereocenters. The molecule has 0 aliphatic heterocycles. The van der Waals surface area contributed by atoms with Crippen LogP contribution in [0.2, 0.25) is 0 Å². The zero-order valence-electron chi connectivity index (χ0n) is 12.5. The fourth-order valence-electron chi connectivity index (χ4n) is 1.79. The number of nitrogens with one attached hydrogen (secondary N) is 1. The monoisotopic (exact) mass is 413 g/mol. The Labute approximate surface area is 148 Å². The summed E-state index contributed by atoms with van der Waals surface area (Å²) in [6.45, 7) is 0.122. The molecule has 122 valence electrons. The minimum Gasteiger partial charge on any atom is -0.352 e. The molecule has 0 bridgehead atoms. The van der Waals surface area contributed by atoms with Crippen LogP contribution in [0.25, 0.3) is 16.5 Å². The number of amides is 1. The van der Waals surface area contributed by atoms with E-state index in [9.17, 15) is 13.2 Å². The summed E-state index contributed by atoms with van der Waals surface area (Å²) in [4.78, 5) is 13.7. The normalized spacial score (nSPS) is 11.7. The van der Waals surface area contributed by atoms with Crippen molar-refractivity contribution in [3.05, 3.63) is 51.8 Å². The van der Waals surface area contributed by atoms with Gasteiger partial charge in [-0.15, -0.1) is 11.3 Å². The van der Waals surface area contributed by atoms with Crippen molar-refractivity contribution >= 4 is 49.1 Å². The number of benzene rings is 1. The third kappa shape index (κ3) is 6.29. The molecule has 1 amide bonds. The molecule has 2 rings (SSSR count). The molecule has 0 atom stereocenters. The van der Waals surface area contributed by atoms with E-state index in [1.807, 2.05) is 36.4 Å². The fourth-order valence-corrected chi connectivity index (χ4v) is 3.44. The number of hydrogen-bond acceptors (Lipinski definition) is 4. The Hall–Kier alpha value is -1.44. The van der Waals surface area contributed by atoms with Crippen molar-refractivity contribution < 1.29 is 13.2 Å². The second-order valence-electron chi connectivity index (χ2n) is 4.96. The zero-order valence-corrected chi connectivity index (χ0v) is 15.7. The maximum Gasteiger partial charge on any atom is 0.244 e. The molecule has 4 nitrogen and oxygen atoms in total. The van der Waals surface area contributed by atoms with Gasteiger partial charge in [0.15, 0.2) is 0 Å². The van der Waals surface area contributed by atoms with Crippen LogP contribution in [-0.4, -0.2) is 32.9 Å². The number of thiophene rings is 1. The first-order valence-electron chi connectivity index (χ1n) is 6.83. The van der Waals surface area contributed by atoms with E-state index in [2.05, 4.69) is 21.2 Å².